The van der Waals surface area contributed by atoms with Crippen molar-refractivity contribution in [3.63, 3.8) is 0 Å². The number of hydrogen-bond acceptors (Lipinski definition) is 4. The van der Waals surface area contributed by atoms with E-state index >= 15 is 0 Å². The number of nitrogens with two attached hydrogens (primary N) is 2. The molecule has 1 aliphatic carbocycles. The van der Waals surface area contributed by atoms with Crippen molar-refractivity contribution in [3.05, 3.63) is 101 Å². The first-order valence-electron chi connectivity index (χ1n) is 12.0. The van der Waals surface area contributed by atoms with Crippen LogP contribution in [0.25, 0.3) is 10.9 Å². The maximum atomic E-state index is 14.1. The highest BCUT2D eigenvalue weighted by Gasteiger charge is 2.35. The molecular weight excluding hydrogens is 470 g/mol. The predicted octanol–water partition coefficient (Wildman–Crippen LogP) is 4.71. The molecule has 0 amide bonds. The van der Waals surface area contributed by atoms with Crippen LogP contribution >= 0.6 is 0 Å². The van der Waals surface area contributed by atoms with E-state index in [9.17, 15) is 8.42 Å². The summed E-state index contributed by atoms with van der Waals surface area (Å²) in [6, 6.07) is 24.6. The third kappa shape index (κ3) is 4.18. The first-order chi connectivity index (χ1) is 17.3. The van der Waals surface area contributed by atoms with Crippen LogP contribution in [0.3, 0.4) is 0 Å². The van der Waals surface area contributed by atoms with E-state index in [1.165, 1.54) is 3.97 Å². The minimum absolute atomic E-state index is 0.0188. The molecule has 1 atom stereocenters. The molecule has 7 nitrogen and oxygen atoms in total. The summed E-state index contributed by atoms with van der Waals surface area (Å²) in [5, 5.41) is 9.25. The van der Waals surface area contributed by atoms with Crippen LogP contribution in [0.15, 0.2) is 94.0 Å². The fourth-order valence-electron chi connectivity index (χ4n) is 4.98. The molecule has 4 N–H and O–H groups in total. The standard InChI is InChI=1S/C28H29N5O2S/c1-18(2)20-13-14-25-23(15-20)27-24(31-32-28(29)30)16-21(19-9-5-3-6-10-19)17-26(27)33(25)36(34,35)22-11-7-4-8-12-22/h3-15,18,21H,16-17H2,1-2H3,(H4,29,30,32)/b31-24+. The number of rotatable bonds is 5. The number of benzene rings is 3. The molecule has 1 unspecified atom stereocenters. The van der Waals surface area contributed by atoms with E-state index in [0.29, 0.717) is 29.8 Å². The fourth-order valence-corrected chi connectivity index (χ4v) is 6.57. The van der Waals surface area contributed by atoms with Gasteiger partial charge in [-0.05, 0) is 60.1 Å². The first-order valence-corrected chi connectivity index (χ1v) is 13.4. The second-order valence-electron chi connectivity index (χ2n) is 9.42. The summed E-state index contributed by atoms with van der Waals surface area (Å²) in [7, 11) is -3.88. The van der Waals surface area contributed by atoms with Gasteiger partial charge in [0.1, 0.15) is 0 Å². The molecule has 184 valence electrons. The summed E-state index contributed by atoms with van der Waals surface area (Å²) in [5.74, 6) is 0.150. The van der Waals surface area contributed by atoms with Crippen LogP contribution in [0.5, 0.6) is 0 Å². The maximum Gasteiger partial charge on any atom is 0.268 e. The SMILES string of the molecule is CC(C)c1ccc2c(c1)c1c(n2S(=O)(=O)c2ccccc2)CC(c2ccccc2)C/C1=N\N=C(N)N. The van der Waals surface area contributed by atoms with Crippen LogP contribution in [0.4, 0.5) is 0 Å². The maximum absolute atomic E-state index is 14.1. The van der Waals surface area contributed by atoms with Gasteiger partial charge in [-0.2, -0.15) is 5.10 Å². The molecule has 4 aromatic rings. The lowest BCUT2D eigenvalue weighted by Crippen LogP contribution is -2.25. The monoisotopic (exact) mass is 499 g/mol. The molecule has 0 spiro atoms. The zero-order chi connectivity index (χ0) is 25.4. The van der Waals surface area contributed by atoms with Gasteiger partial charge in [0.25, 0.3) is 10.0 Å². The summed E-state index contributed by atoms with van der Waals surface area (Å²) in [5.41, 5.74) is 16.3. The molecule has 0 saturated carbocycles. The van der Waals surface area contributed by atoms with Crippen molar-refractivity contribution in [1.29, 1.82) is 0 Å². The van der Waals surface area contributed by atoms with E-state index in [1.807, 2.05) is 36.4 Å². The molecule has 1 aliphatic rings. The molecule has 1 aromatic heterocycles. The smallest absolute Gasteiger partial charge is 0.268 e. The van der Waals surface area contributed by atoms with Gasteiger partial charge in [0, 0.05) is 16.6 Å². The number of aromatic nitrogens is 1. The van der Waals surface area contributed by atoms with Crippen LogP contribution in [0.2, 0.25) is 0 Å². The first kappa shape index (κ1) is 23.8. The Morgan fingerprint density at radius 3 is 2.25 bits per heavy atom. The highest BCUT2D eigenvalue weighted by atomic mass is 32.2. The molecular formula is C28H29N5O2S. The van der Waals surface area contributed by atoms with Gasteiger partial charge in [-0.3, -0.25) is 0 Å². The number of guanidine groups is 1. The lowest BCUT2D eigenvalue weighted by molar-refractivity contribution is 0.583. The molecule has 3 aromatic carbocycles. The van der Waals surface area contributed by atoms with E-state index in [1.54, 1.807) is 24.3 Å². The zero-order valence-corrected chi connectivity index (χ0v) is 21.1. The molecule has 36 heavy (non-hydrogen) atoms. The van der Waals surface area contributed by atoms with Gasteiger partial charge in [0.05, 0.1) is 16.1 Å². The normalized spacial score (nSPS) is 16.9. The van der Waals surface area contributed by atoms with Gasteiger partial charge in [0.15, 0.2) is 0 Å². The van der Waals surface area contributed by atoms with Gasteiger partial charge in [-0.15, -0.1) is 5.10 Å². The molecule has 5 rings (SSSR count). The van der Waals surface area contributed by atoms with Crippen LogP contribution in [-0.2, 0) is 16.4 Å². The largest absolute Gasteiger partial charge is 0.369 e. The molecule has 0 bridgehead atoms. The predicted molar refractivity (Wildman–Crippen MR) is 145 cm³/mol. The topological polar surface area (TPSA) is 116 Å². The Hall–Kier alpha value is -3.91. The lowest BCUT2D eigenvalue weighted by Gasteiger charge is -2.25. The number of hydrogen-bond donors (Lipinski definition) is 2. The minimum atomic E-state index is -3.88. The average Bonchev–Trinajstić information content (AvgIpc) is 3.22. The van der Waals surface area contributed by atoms with Crippen molar-refractivity contribution < 1.29 is 8.42 Å². The van der Waals surface area contributed by atoms with Crippen LogP contribution in [-0.4, -0.2) is 24.1 Å². The Bertz CT molecular complexity index is 1580. The van der Waals surface area contributed by atoms with E-state index in [0.717, 1.165) is 22.1 Å². The van der Waals surface area contributed by atoms with Gasteiger partial charge in [0.2, 0.25) is 5.96 Å². The second-order valence-corrected chi connectivity index (χ2v) is 11.2. The van der Waals surface area contributed by atoms with Crippen LogP contribution < -0.4 is 11.5 Å². The quantitative estimate of drug-likeness (QED) is 0.235. The van der Waals surface area contributed by atoms with Crippen molar-refractivity contribution in [3.8, 4) is 0 Å². The van der Waals surface area contributed by atoms with E-state index in [4.69, 9.17) is 11.5 Å². The van der Waals surface area contributed by atoms with E-state index in [-0.39, 0.29) is 22.7 Å². The summed E-state index contributed by atoms with van der Waals surface area (Å²) < 4.78 is 29.6. The third-order valence-electron chi connectivity index (χ3n) is 6.72. The fraction of sp³-hybridized carbons (Fsp3) is 0.214. The van der Waals surface area contributed by atoms with Crippen molar-refractivity contribution in [2.75, 3.05) is 0 Å². The van der Waals surface area contributed by atoms with E-state index in [2.05, 4.69) is 42.2 Å². The molecule has 0 fully saturated rings. The summed E-state index contributed by atoms with van der Waals surface area (Å²) in [6.07, 6.45) is 1.13. The number of fused-ring (bicyclic) bond motifs is 3. The third-order valence-corrected chi connectivity index (χ3v) is 8.48. The van der Waals surface area contributed by atoms with Crippen molar-refractivity contribution >= 4 is 32.6 Å². The Morgan fingerprint density at radius 1 is 0.944 bits per heavy atom. The molecule has 0 saturated heterocycles. The van der Waals surface area contributed by atoms with Gasteiger partial charge >= 0.3 is 0 Å². The van der Waals surface area contributed by atoms with Gasteiger partial charge in [-0.25, -0.2) is 12.4 Å². The highest BCUT2D eigenvalue weighted by molar-refractivity contribution is 7.90. The number of nitrogens with zero attached hydrogens (tertiary/aromatic N) is 3. The molecule has 1 heterocycles. The van der Waals surface area contributed by atoms with Crippen LogP contribution in [0.1, 0.15) is 54.5 Å². The van der Waals surface area contributed by atoms with Crippen molar-refractivity contribution in [2.45, 2.75) is 43.4 Å². The lowest BCUT2D eigenvalue weighted by atomic mass is 9.81. The second kappa shape index (κ2) is 9.28. The Kier molecular flexibility index (Phi) is 6.14. The van der Waals surface area contributed by atoms with Gasteiger partial charge < -0.3 is 11.5 Å². The van der Waals surface area contributed by atoms with Gasteiger partial charge in [-0.1, -0.05) is 68.4 Å². The van der Waals surface area contributed by atoms with E-state index < -0.39 is 10.0 Å². The minimum Gasteiger partial charge on any atom is -0.369 e. The zero-order valence-electron chi connectivity index (χ0n) is 20.3. The Morgan fingerprint density at radius 2 is 1.61 bits per heavy atom. The highest BCUT2D eigenvalue weighted by Crippen LogP contribution is 2.41. The Labute approximate surface area is 211 Å². The Balaban J connectivity index is 1.85. The molecule has 0 radical (unpaired) electrons. The van der Waals surface area contributed by atoms with Crippen molar-refractivity contribution in [2.24, 2.45) is 21.7 Å². The molecule has 8 heteroatoms. The summed E-state index contributed by atoms with van der Waals surface area (Å²) >= 11 is 0. The van der Waals surface area contributed by atoms with Crippen LogP contribution in [0, 0.1) is 0 Å². The van der Waals surface area contributed by atoms with Crippen molar-refractivity contribution in [1.82, 2.24) is 3.97 Å². The average molecular weight is 500 g/mol. The summed E-state index contributed by atoms with van der Waals surface area (Å²) in [4.78, 5) is 0.238. The molecule has 0 aliphatic heterocycles. The summed E-state index contributed by atoms with van der Waals surface area (Å²) in [6.45, 7) is 4.23.